The van der Waals surface area contributed by atoms with Crippen LogP contribution >= 0.6 is 11.8 Å². The Labute approximate surface area is 117 Å². The van der Waals surface area contributed by atoms with Gasteiger partial charge in [-0.1, -0.05) is 27.2 Å². The lowest BCUT2D eigenvalue weighted by Crippen LogP contribution is -2.50. The Morgan fingerprint density at radius 2 is 1.89 bits per heavy atom. The molecule has 18 heavy (non-hydrogen) atoms. The van der Waals surface area contributed by atoms with Crippen molar-refractivity contribution >= 4 is 11.8 Å². The minimum Gasteiger partial charge on any atom is -0.310 e. The van der Waals surface area contributed by atoms with E-state index in [1.54, 1.807) is 0 Å². The van der Waals surface area contributed by atoms with E-state index in [4.69, 9.17) is 0 Å². The molecule has 0 aromatic carbocycles. The van der Waals surface area contributed by atoms with Gasteiger partial charge < -0.3 is 5.32 Å². The van der Waals surface area contributed by atoms with E-state index in [0.717, 1.165) is 23.3 Å². The second kappa shape index (κ2) is 4.41. The van der Waals surface area contributed by atoms with Gasteiger partial charge in [0, 0.05) is 17.3 Å². The van der Waals surface area contributed by atoms with Gasteiger partial charge in [0.2, 0.25) is 0 Å². The van der Waals surface area contributed by atoms with E-state index in [-0.39, 0.29) is 0 Å². The predicted octanol–water partition coefficient (Wildman–Crippen LogP) is 4.07. The summed E-state index contributed by atoms with van der Waals surface area (Å²) in [6.07, 6.45) is 10.9. The molecule has 2 heteroatoms. The fourth-order valence-electron chi connectivity index (χ4n) is 5.11. The Kier molecular flexibility index (Phi) is 3.26. The van der Waals surface area contributed by atoms with Crippen molar-refractivity contribution < 1.29 is 0 Å². The minimum absolute atomic E-state index is 0.545. The van der Waals surface area contributed by atoms with Crippen molar-refractivity contribution in [1.82, 2.24) is 5.32 Å². The van der Waals surface area contributed by atoms with Crippen LogP contribution in [0.3, 0.4) is 0 Å². The van der Waals surface area contributed by atoms with Gasteiger partial charge in [0.05, 0.1) is 0 Å². The first-order valence-electron chi connectivity index (χ1n) is 7.78. The molecular formula is C16H29NS. The fourth-order valence-corrected chi connectivity index (χ4v) is 6.06. The largest absolute Gasteiger partial charge is 0.310 e. The number of hydrogen-bond acceptors (Lipinski definition) is 2. The topological polar surface area (TPSA) is 12.0 Å². The zero-order valence-electron chi connectivity index (χ0n) is 12.5. The molecular weight excluding hydrogens is 238 g/mol. The third kappa shape index (κ3) is 1.71. The highest BCUT2D eigenvalue weighted by Gasteiger charge is 2.61. The third-order valence-electron chi connectivity index (χ3n) is 6.96. The van der Waals surface area contributed by atoms with Crippen molar-refractivity contribution in [2.24, 2.45) is 16.7 Å². The van der Waals surface area contributed by atoms with Crippen molar-refractivity contribution in [3.05, 3.63) is 0 Å². The maximum Gasteiger partial charge on any atom is 0.0198 e. The molecule has 3 aliphatic carbocycles. The molecule has 2 bridgehead atoms. The first-order chi connectivity index (χ1) is 8.49. The van der Waals surface area contributed by atoms with E-state index in [0.29, 0.717) is 10.8 Å². The van der Waals surface area contributed by atoms with E-state index in [1.807, 2.05) is 0 Å². The van der Waals surface area contributed by atoms with E-state index in [9.17, 15) is 0 Å². The van der Waals surface area contributed by atoms with Gasteiger partial charge in [-0.3, -0.25) is 0 Å². The van der Waals surface area contributed by atoms with E-state index < -0.39 is 0 Å². The lowest BCUT2D eigenvalue weighted by Gasteiger charge is -2.41. The molecule has 0 aromatic heterocycles. The highest BCUT2D eigenvalue weighted by atomic mass is 32.2. The van der Waals surface area contributed by atoms with E-state index >= 15 is 0 Å². The summed E-state index contributed by atoms with van der Waals surface area (Å²) in [6.45, 7) is 7.60. The molecule has 0 aliphatic heterocycles. The summed E-state index contributed by atoms with van der Waals surface area (Å²) < 4.78 is 0. The van der Waals surface area contributed by atoms with Gasteiger partial charge in [0.1, 0.15) is 0 Å². The fraction of sp³-hybridized carbons (Fsp3) is 1.00. The average Bonchev–Trinajstić information content (AvgIpc) is 2.91. The maximum absolute atomic E-state index is 4.09. The quantitative estimate of drug-likeness (QED) is 0.827. The van der Waals surface area contributed by atoms with Crippen molar-refractivity contribution in [3.63, 3.8) is 0 Å². The molecule has 0 radical (unpaired) electrons. The van der Waals surface area contributed by atoms with Crippen molar-refractivity contribution in [3.8, 4) is 0 Å². The third-order valence-corrected chi connectivity index (χ3v) is 8.13. The smallest absolute Gasteiger partial charge is 0.0198 e. The van der Waals surface area contributed by atoms with Crippen LogP contribution in [0.25, 0.3) is 0 Å². The van der Waals surface area contributed by atoms with Gasteiger partial charge in [-0.2, -0.15) is 11.8 Å². The predicted molar refractivity (Wildman–Crippen MR) is 81.1 cm³/mol. The number of hydrogen-bond donors (Lipinski definition) is 1. The molecule has 0 aromatic rings. The van der Waals surface area contributed by atoms with Gasteiger partial charge in [-0.05, 0) is 55.1 Å². The molecule has 3 aliphatic rings. The normalized spacial score (nSPS) is 50.0. The SMILES string of the molecule is CSC1CCCC1NC1CC2CCC1(C)C2(C)C. The lowest BCUT2D eigenvalue weighted by atomic mass is 9.69. The molecule has 3 saturated carbocycles. The van der Waals surface area contributed by atoms with Gasteiger partial charge in [-0.15, -0.1) is 0 Å². The van der Waals surface area contributed by atoms with Crippen molar-refractivity contribution in [2.45, 2.75) is 76.6 Å². The van der Waals surface area contributed by atoms with Crippen LogP contribution in [0.1, 0.15) is 59.3 Å². The summed E-state index contributed by atoms with van der Waals surface area (Å²) in [5, 5.41) is 4.96. The van der Waals surface area contributed by atoms with Crippen LogP contribution < -0.4 is 5.32 Å². The van der Waals surface area contributed by atoms with Crippen LogP contribution in [0.5, 0.6) is 0 Å². The summed E-state index contributed by atoms with van der Waals surface area (Å²) in [4.78, 5) is 0. The Morgan fingerprint density at radius 3 is 2.44 bits per heavy atom. The van der Waals surface area contributed by atoms with Gasteiger partial charge in [0.25, 0.3) is 0 Å². The molecule has 5 atom stereocenters. The second-order valence-electron chi connectivity index (χ2n) is 7.64. The number of nitrogens with one attached hydrogen (secondary N) is 1. The zero-order chi connectivity index (χ0) is 13.0. The van der Waals surface area contributed by atoms with Crippen LogP contribution in [0.15, 0.2) is 0 Å². The van der Waals surface area contributed by atoms with Crippen LogP contribution in [0.2, 0.25) is 0 Å². The lowest BCUT2D eigenvalue weighted by molar-refractivity contribution is 0.116. The number of fused-ring (bicyclic) bond motifs is 2. The Balaban J connectivity index is 1.72. The van der Waals surface area contributed by atoms with Crippen LogP contribution in [-0.2, 0) is 0 Å². The van der Waals surface area contributed by atoms with Gasteiger partial charge in [-0.25, -0.2) is 0 Å². The minimum atomic E-state index is 0.545. The average molecular weight is 267 g/mol. The molecule has 0 spiro atoms. The van der Waals surface area contributed by atoms with E-state index in [1.165, 1.54) is 38.5 Å². The number of rotatable bonds is 3. The maximum atomic E-state index is 4.09. The monoisotopic (exact) mass is 267 g/mol. The zero-order valence-corrected chi connectivity index (χ0v) is 13.3. The van der Waals surface area contributed by atoms with Crippen LogP contribution in [-0.4, -0.2) is 23.6 Å². The van der Waals surface area contributed by atoms with Gasteiger partial charge in [0.15, 0.2) is 0 Å². The molecule has 0 heterocycles. The Bertz CT molecular complexity index is 327. The van der Waals surface area contributed by atoms with E-state index in [2.05, 4.69) is 44.1 Å². The first kappa shape index (κ1) is 13.3. The highest BCUT2D eigenvalue weighted by Crippen LogP contribution is 2.65. The molecule has 1 N–H and O–H groups in total. The summed E-state index contributed by atoms with van der Waals surface area (Å²) in [6, 6.07) is 1.57. The molecule has 0 saturated heterocycles. The molecule has 3 fully saturated rings. The molecule has 1 nitrogen and oxygen atoms in total. The van der Waals surface area contributed by atoms with Crippen molar-refractivity contribution in [2.75, 3.05) is 6.26 Å². The van der Waals surface area contributed by atoms with Crippen LogP contribution in [0, 0.1) is 16.7 Å². The summed E-state index contributed by atoms with van der Waals surface area (Å²) in [5.74, 6) is 0.967. The number of thioether (sulfide) groups is 1. The standard InChI is InChI=1S/C16H29NS/c1-15(2)11-8-9-16(15,3)14(10-11)17-12-6-5-7-13(12)18-4/h11-14,17H,5-10H2,1-4H3. The summed E-state index contributed by atoms with van der Waals surface area (Å²) in [7, 11) is 0. The van der Waals surface area contributed by atoms with Crippen molar-refractivity contribution in [1.29, 1.82) is 0 Å². The Morgan fingerprint density at radius 1 is 1.11 bits per heavy atom. The molecule has 5 unspecified atom stereocenters. The molecule has 104 valence electrons. The summed E-state index contributed by atoms with van der Waals surface area (Å²) in [5.41, 5.74) is 1.10. The summed E-state index contributed by atoms with van der Waals surface area (Å²) >= 11 is 2.08. The first-order valence-corrected chi connectivity index (χ1v) is 9.06. The molecule has 0 amide bonds. The highest BCUT2D eigenvalue weighted by molar-refractivity contribution is 7.99. The Hall–Kier alpha value is 0.310. The second-order valence-corrected chi connectivity index (χ2v) is 8.72. The molecule has 3 rings (SSSR count). The van der Waals surface area contributed by atoms with Gasteiger partial charge >= 0.3 is 0 Å². The van der Waals surface area contributed by atoms with Crippen LogP contribution in [0.4, 0.5) is 0 Å².